The van der Waals surface area contributed by atoms with Gasteiger partial charge in [-0.2, -0.15) is 0 Å². The highest BCUT2D eigenvalue weighted by Gasteiger charge is 2.27. The van der Waals surface area contributed by atoms with Gasteiger partial charge >= 0.3 is 19.8 Å². The SMILES string of the molecule is CC/C=C\C/C=C\C/C=C\C/C=C\CCCCC(=O)OC(CO)COP(=O)(O)OCC(CO)OC(=O)CCCCCCC/C=C\CCC. The summed E-state index contributed by atoms with van der Waals surface area (Å²) in [5, 5.41) is 19.0. The fraction of sp³-hybridized carbons (Fsp3) is 0.676. The van der Waals surface area contributed by atoms with Crippen molar-refractivity contribution in [1.29, 1.82) is 0 Å². The average molecular weight is 699 g/mol. The molecule has 0 aromatic carbocycles. The molecule has 10 nitrogen and oxygen atoms in total. The number of esters is 2. The lowest BCUT2D eigenvalue weighted by Gasteiger charge is -2.20. The van der Waals surface area contributed by atoms with E-state index in [1.807, 2.05) is 0 Å². The molecule has 276 valence electrons. The van der Waals surface area contributed by atoms with Crippen LogP contribution in [0.3, 0.4) is 0 Å². The summed E-state index contributed by atoms with van der Waals surface area (Å²) in [6.45, 7) is 1.92. The van der Waals surface area contributed by atoms with Gasteiger partial charge in [-0.1, -0.05) is 100 Å². The number of unbranched alkanes of at least 4 members (excludes halogenated alkanes) is 8. The predicted octanol–water partition coefficient (Wildman–Crippen LogP) is 8.38. The van der Waals surface area contributed by atoms with Crippen molar-refractivity contribution in [2.45, 2.75) is 135 Å². The molecule has 0 spiro atoms. The fourth-order valence-electron chi connectivity index (χ4n) is 4.22. The Bertz CT molecular complexity index is 989. The molecule has 11 heteroatoms. The van der Waals surface area contributed by atoms with Crippen molar-refractivity contribution in [3.8, 4) is 0 Å². The maximum Gasteiger partial charge on any atom is 0.472 e. The molecule has 0 aliphatic rings. The number of ether oxygens (including phenoxy) is 2. The molecule has 0 saturated heterocycles. The molecule has 0 radical (unpaired) electrons. The van der Waals surface area contributed by atoms with Crippen molar-refractivity contribution in [3.05, 3.63) is 60.8 Å². The van der Waals surface area contributed by atoms with Crippen molar-refractivity contribution in [2.24, 2.45) is 0 Å². The van der Waals surface area contributed by atoms with E-state index in [0.717, 1.165) is 83.5 Å². The third-order valence-corrected chi connectivity index (χ3v) is 7.90. The molecule has 3 unspecified atom stereocenters. The molecule has 3 atom stereocenters. The quantitative estimate of drug-likeness (QED) is 0.0271. The van der Waals surface area contributed by atoms with Crippen molar-refractivity contribution < 1.29 is 47.8 Å². The molecule has 3 N–H and O–H groups in total. The molecule has 0 bridgehead atoms. The maximum absolute atomic E-state index is 12.3. The van der Waals surface area contributed by atoms with Gasteiger partial charge in [0, 0.05) is 12.8 Å². The van der Waals surface area contributed by atoms with Crippen LogP contribution in [0.4, 0.5) is 0 Å². The topological polar surface area (TPSA) is 149 Å². The van der Waals surface area contributed by atoms with Crippen LogP contribution in [0.15, 0.2) is 60.8 Å². The summed E-state index contributed by atoms with van der Waals surface area (Å²) in [4.78, 5) is 34.2. The zero-order valence-corrected chi connectivity index (χ0v) is 30.3. The van der Waals surface area contributed by atoms with Crippen LogP contribution in [0.5, 0.6) is 0 Å². The van der Waals surface area contributed by atoms with E-state index in [2.05, 4.69) is 74.6 Å². The molecular formula is C37H63O10P. The molecule has 0 aromatic heterocycles. The van der Waals surface area contributed by atoms with Crippen molar-refractivity contribution in [1.82, 2.24) is 0 Å². The second-order valence-electron chi connectivity index (χ2n) is 11.5. The fourth-order valence-corrected chi connectivity index (χ4v) is 5.01. The molecule has 0 fully saturated rings. The Labute approximate surface area is 289 Å². The summed E-state index contributed by atoms with van der Waals surface area (Å²) in [6.07, 6.45) is 33.6. The number of allylic oxidation sites excluding steroid dienone is 10. The Kier molecular flexibility index (Phi) is 31.6. The second-order valence-corrected chi connectivity index (χ2v) is 12.9. The maximum atomic E-state index is 12.3. The van der Waals surface area contributed by atoms with Gasteiger partial charge in [0.15, 0.2) is 0 Å². The number of carbonyl (C=O) groups excluding carboxylic acids is 2. The van der Waals surface area contributed by atoms with E-state index in [0.29, 0.717) is 12.8 Å². The van der Waals surface area contributed by atoms with Gasteiger partial charge in [0.1, 0.15) is 12.2 Å². The van der Waals surface area contributed by atoms with Crippen LogP contribution in [0.1, 0.15) is 123 Å². The molecule has 0 aliphatic heterocycles. The highest BCUT2D eigenvalue weighted by molar-refractivity contribution is 7.47. The third kappa shape index (κ3) is 31.0. The van der Waals surface area contributed by atoms with Crippen LogP contribution in [0.2, 0.25) is 0 Å². The molecule has 0 aliphatic carbocycles. The number of phosphoric ester groups is 1. The number of carbonyl (C=O) groups is 2. The first-order valence-electron chi connectivity index (χ1n) is 17.7. The minimum absolute atomic E-state index is 0.136. The number of hydrogen-bond acceptors (Lipinski definition) is 9. The largest absolute Gasteiger partial charge is 0.472 e. The van der Waals surface area contributed by atoms with Crippen LogP contribution in [-0.4, -0.2) is 65.7 Å². The van der Waals surface area contributed by atoms with Crippen molar-refractivity contribution >= 4 is 19.8 Å². The van der Waals surface area contributed by atoms with Gasteiger partial charge in [-0.3, -0.25) is 18.6 Å². The zero-order chi connectivity index (χ0) is 35.6. The van der Waals surface area contributed by atoms with Gasteiger partial charge in [0.05, 0.1) is 26.4 Å². The first-order valence-corrected chi connectivity index (χ1v) is 19.2. The molecule has 0 amide bonds. The standard InChI is InChI=1S/C37H63O10P/c1-3-5-7-9-11-13-15-16-17-18-19-21-23-25-27-29-37(41)47-35(31-39)33-45-48(42,43)44-32-34(30-38)46-36(40)28-26-24-22-20-14-12-10-8-6-4-2/h5,7-8,10-11,13,16-17,19,21,34-35,38-39H,3-4,6,9,12,14-15,18,20,22-33H2,1-2H3,(H,42,43)/b7-5-,10-8-,13-11-,17-16-,21-19-. The average Bonchev–Trinajstić information content (AvgIpc) is 3.07. The summed E-state index contributed by atoms with van der Waals surface area (Å²) in [5.41, 5.74) is 0. The number of aliphatic hydroxyl groups is 2. The molecule has 48 heavy (non-hydrogen) atoms. The van der Waals surface area contributed by atoms with E-state index in [9.17, 15) is 29.3 Å². The van der Waals surface area contributed by atoms with Gasteiger partial charge in [-0.15, -0.1) is 0 Å². The first kappa shape index (κ1) is 45.7. The summed E-state index contributed by atoms with van der Waals surface area (Å²) < 4.78 is 32.3. The van der Waals surface area contributed by atoms with E-state index in [1.165, 1.54) is 0 Å². The summed E-state index contributed by atoms with van der Waals surface area (Å²) in [5.74, 6) is -1.08. The van der Waals surface area contributed by atoms with E-state index in [-0.39, 0.29) is 12.8 Å². The molecule has 0 aromatic rings. The van der Waals surface area contributed by atoms with Gasteiger partial charge < -0.3 is 24.6 Å². The smallest absolute Gasteiger partial charge is 0.457 e. The van der Waals surface area contributed by atoms with Crippen molar-refractivity contribution in [2.75, 3.05) is 26.4 Å². The minimum Gasteiger partial charge on any atom is -0.457 e. The monoisotopic (exact) mass is 698 g/mol. The van der Waals surface area contributed by atoms with Crippen LogP contribution >= 0.6 is 7.82 Å². The lowest BCUT2D eigenvalue weighted by atomic mass is 10.1. The van der Waals surface area contributed by atoms with Crippen LogP contribution < -0.4 is 0 Å². The third-order valence-electron chi connectivity index (χ3n) is 6.94. The summed E-state index contributed by atoms with van der Waals surface area (Å²) >= 11 is 0. The summed E-state index contributed by atoms with van der Waals surface area (Å²) in [6, 6.07) is 0. The van der Waals surface area contributed by atoms with Gasteiger partial charge in [-0.25, -0.2) is 4.57 Å². The van der Waals surface area contributed by atoms with Crippen LogP contribution in [0.25, 0.3) is 0 Å². The highest BCUT2D eigenvalue weighted by atomic mass is 31.2. The Balaban J connectivity index is 4.10. The molecule has 0 rings (SSSR count). The molecular weight excluding hydrogens is 635 g/mol. The highest BCUT2D eigenvalue weighted by Crippen LogP contribution is 2.43. The van der Waals surface area contributed by atoms with Crippen molar-refractivity contribution in [3.63, 3.8) is 0 Å². The normalized spacial score (nSPS) is 14.9. The van der Waals surface area contributed by atoms with Gasteiger partial charge in [0.25, 0.3) is 0 Å². The Morgan fingerprint density at radius 1 is 0.583 bits per heavy atom. The van der Waals surface area contributed by atoms with Crippen LogP contribution in [0, 0.1) is 0 Å². The number of aliphatic hydroxyl groups excluding tert-OH is 2. The van der Waals surface area contributed by atoms with Gasteiger partial charge in [0.2, 0.25) is 0 Å². The first-order chi connectivity index (χ1) is 23.3. The zero-order valence-electron chi connectivity index (χ0n) is 29.4. The Morgan fingerprint density at radius 3 is 1.48 bits per heavy atom. The van der Waals surface area contributed by atoms with E-state index in [1.54, 1.807) is 0 Å². The van der Waals surface area contributed by atoms with E-state index >= 15 is 0 Å². The number of rotatable bonds is 32. The summed E-state index contributed by atoms with van der Waals surface area (Å²) in [7, 11) is -4.64. The predicted molar refractivity (Wildman–Crippen MR) is 191 cm³/mol. The lowest BCUT2D eigenvalue weighted by Crippen LogP contribution is -2.28. The minimum atomic E-state index is -4.64. The van der Waals surface area contributed by atoms with Crippen LogP contribution in [-0.2, 0) is 32.7 Å². The Hall–Kier alpha value is -2.33. The molecule has 0 saturated carbocycles. The van der Waals surface area contributed by atoms with Gasteiger partial charge in [-0.05, 0) is 70.6 Å². The Morgan fingerprint density at radius 2 is 0.979 bits per heavy atom. The van der Waals surface area contributed by atoms with E-state index < -0.39 is 58.4 Å². The lowest BCUT2D eigenvalue weighted by molar-refractivity contribution is -0.153. The number of hydrogen-bond donors (Lipinski definition) is 3. The molecule has 0 heterocycles. The van der Waals surface area contributed by atoms with E-state index in [4.69, 9.17) is 18.5 Å². The number of phosphoric acid groups is 1. The second kappa shape index (κ2) is 33.2.